The lowest BCUT2D eigenvalue weighted by Crippen LogP contribution is -2.53. The minimum Gasteiger partial charge on any atom is -0.493 e. The maximum atomic E-state index is 13.1. The molecule has 4 rings (SSSR count). The summed E-state index contributed by atoms with van der Waals surface area (Å²) in [5, 5.41) is 0. The Morgan fingerprint density at radius 3 is 2.64 bits per heavy atom. The van der Waals surface area contributed by atoms with Crippen molar-refractivity contribution in [3.8, 4) is 11.5 Å². The van der Waals surface area contributed by atoms with Crippen LogP contribution in [0.1, 0.15) is 31.4 Å². The maximum absolute atomic E-state index is 13.1. The molecule has 2 heterocycles. The van der Waals surface area contributed by atoms with Gasteiger partial charge in [0, 0.05) is 29.5 Å². The Balaban J connectivity index is 1.87. The van der Waals surface area contributed by atoms with Crippen molar-refractivity contribution in [3.05, 3.63) is 48.0 Å². The molecule has 2 atom stereocenters. The molecule has 1 saturated heterocycles. The average molecular weight is 382 g/mol. The molecule has 0 aromatic heterocycles. The number of hydrogen-bond donors (Lipinski definition) is 0. The van der Waals surface area contributed by atoms with Crippen LogP contribution in [0.3, 0.4) is 0 Å². The molecule has 0 bridgehead atoms. The summed E-state index contributed by atoms with van der Waals surface area (Å²) in [5.41, 5.74) is 3.02. The van der Waals surface area contributed by atoms with E-state index in [1.165, 1.54) is 0 Å². The zero-order valence-corrected chi connectivity index (χ0v) is 16.6. The first-order valence-electron chi connectivity index (χ1n) is 9.72. The molecule has 0 aliphatic carbocycles. The molecule has 0 radical (unpaired) electrons. The molecule has 148 valence electrons. The summed E-state index contributed by atoms with van der Waals surface area (Å²) >= 11 is 0. The van der Waals surface area contributed by atoms with Gasteiger partial charge >= 0.3 is 5.97 Å². The first-order valence-corrected chi connectivity index (χ1v) is 9.72. The van der Waals surface area contributed by atoms with Gasteiger partial charge in [-0.15, -0.1) is 0 Å². The summed E-state index contributed by atoms with van der Waals surface area (Å²) in [4.78, 5) is 17.6. The van der Waals surface area contributed by atoms with Gasteiger partial charge in [0.15, 0.2) is 17.5 Å². The third kappa shape index (κ3) is 2.93. The van der Waals surface area contributed by atoms with Crippen LogP contribution in [-0.4, -0.2) is 39.5 Å². The van der Waals surface area contributed by atoms with Crippen molar-refractivity contribution in [1.82, 2.24) is 0 Å². The van der Waals surface area contributed by atoms with Gasteiger partial charge in [-0.2, -0.15) is 0 Å². The Labute approximate surface area is 165 Å². The number of fused-ring (bicyclic) bond motifs is 3. The van der Waals surface area contributed by atoms with Crippen LogP contribution in [0.2, 0.25) is 0 Å². The largest absolute Gasteiger partial charge is 0.493 e. The standard InChI is InChI=1S/C22H26N2O4/c1-4-28-22(25)21-16-8-5-6-9-17(16)23-13-7-10-20(23)24(21)15-11-12-18(26-2)19(14-15)27-3/h5-6,8-9,11-12,14,20-21H,4,7,10,13H2,1-3H3/t20-,21+/m1/s1. The Hall–Kier alpha value is -2.89. The smallest absolute Gasteiger partial charge is 0.333 e. The lowest BCUT2D eigenvalue weighted by atomic mass is 9.97. The number of hydrogen-bond acceptors (Lipinski definition) is 6. The number of anilines is 2. The van der Waals surface area contributed by atoms with Crippen molar-refractivity contribution >= 4 is 17.3 Å². The molecule has 0 unspecified atom stereocenters. The Morgan fingerprint density at radius 1 is 1.11 bits per heavy atom. The van der Waals surface area contributed by atoms with Crippen LogP contribution in [0.15, 0.2) is 42.5 Å². The predicted octanol–water partition coefficient (Wildman–Crippen LogP) is 3.75. The minimum atomic E-state index is -0.492. The molecule has 2 aromatic carbocycles. The quantitative estimate of drug-likeness (QED) is 0.734. The number of esters is 1. The molecule has 1 fully saturated rings. The summed E-state index contributed by atoms with van der Waals surface area (Å²) in [5.74, 6) is 1.09. The van der Waals surface area contributed by atoms with Crippen LogP contribution in [0.25, 0.3) is 0 Å². The average Bonchev–Trinajstić information content (AvgIpc) is 3.22. The summed E-state index contributed by atoms with van der Waals surface area (Å²) in [7, 11) is 3.24. The highest BCUT2D eigenvalue weighted by molar-refractivity contribution is 5.87. The summed E-state index contributed by atoms with van der Waals surface area (Å²) in [6.45, 7) is 3.17. The third-order valence-electron chi connectivity index (χ3n) is 5.54. The normalized spacial score (nSPS) is 20.4. The maximum Gasteiger partial charge on any atom is 0.333 e. The van der Waals surface area contributed by atoms with E-state index in [0.717, 1.165) is 36.3 Å². The van der Waals surface area contributed by atoms with Crippen LogP contribution < -0.4 is 19.3 Å². The van der Waals surface area contributed by atoms with E-state index in [9.17, 15) is 4.79 Å². The Morgan fingerprint density at radius 2 is 1.89 bits per heavy atom. The molecular weight excluding hydrogens is 356 g/mol. The van der Waals surface area contributed by atoms with Crippen LogP contribution in [0, 0.1) is 0 Å². The molecule has 0 amide bonds. The number of benzene rings is 2. The fourth-order valence-corrected chi connectivity index (χ4v) is 4.39. The van der Waals surface area contributed by atoms with E-state index < -0.39 is 6.04 Å². The Bertz CT molecular complexity index is 869. The number of carbonyl (C=O) groups excluding carboxylic acids is 1. The highest BCUT2D eigenvalue weighted by Gasteiger charge is 2.45. The molecule has 6 heteroatoms. The van der Waals surface area contributed by atoms with Gasteiger partial charge in [0.05, 0.1) is 20.8 Å². The number of para-hydroxylation sites is 1. The van der Waals surface area contributed by atoms with Gasteiger partial charge in [-0.3, -0.25) is 0 Å². The zero-order chi connectivity index (χ0) is 19.7. The molecule has 0 N–H and O–H groups in total. The van der Waals surface area contributed by atoms with Crippen molar-refractivity contribution in [1.29, 1.82) is 0 Å². The van der Waals surface area contributed by atoms with Gasteiger partial charge in [0.25, 0.3) is 0 Å². The minimum absolute atomic E-state index is 0.0995. The number of ether oxygens (including phenoxy) is 3. The number of carbonyl (C=O) groups is 1. The lowest BCUT2D eigenvalue weighted by Gasteiger charge is -2.47. The van der Waals surface area contributed by atoms with Crippen LogP contribution in [0.4, 0.5) is 11.4 Å². The highest BCUT2D eigenvalue weighted by atomic mass is 16.5. The predicted molar refractivity (Wildman–Crippen MR) is 108 cm³/mol. The topological polar surface area (TPSA) is 51.2 Å². The van der Waals surface area contributed by atoms with E-state index in [-0.39, 0.29) is 12.1 Å². The van der Waals surface area contributed by atoms with Gasteiger partial charge < -0.3 is 24.0 Å². The van der Waals surface area contributed by atoms with E-state index in [1.807, 2.05) is 43.3 Å². The second kappa shape index (κ2) is 7.62. The van der Waals surface area contributed by atoms with Gasteiger partial charge in [-0.05, 0) is 38.0 Å². The van der Waals surface area contributed by atoms with E-state index in [1.54, 1.807) is 14.2 Å². The highest BCUT2D eigenvalue weighted by Crippen LogP contribution is 2.46. The summed E-state index contributed by atoms with van der Waals surface area (Å²) in [6.07, 6.45) is 2.17. The van der Waals surface area contributed by atoms with Gasteiger partial charge in [0.2, 0.25) is 0 Å². The molecule has 0 saturated carbocycles. The van der Waals surface area contributed by atoms with E-state index >= 15 is 0 Å². The number of rotatable bonds is 5. The first-order chi connectivity index (χ1) is 13.7. The summed E-state index contributed by atoms with van der Waals surface area (Å²) < 4.78 is 16.4. The molecule has 28 heavy (non-hydrogen) atoms. The zero-order valence-electron chi connectivity index (χ0n) is 16.6. The van der Waals surface area contributed by atoms with Crippen LogP contribution in [-0.2, 0) is 9.53 Å². The third-order valence-corrected chi connectivity index (χ3v) is 5.54. The van der Waals surface area contributed by atoms with E-state index in [2.05, 4.69) is 15.9 Å². The van der Waals surface area contributed by atoms with Crippen molar-refractivity contribution < 1.29 is 19.0 Å². The second-order valence-corrected chi connectivity index (χ2v) is 6.98. The fraction of sp³-hybridized carbons (Fsp3) is 0.409. The fourth-order valence-electron chi connectivity index (χ4n) is 4.39. The molecule has 2 aromatic rings. The van der Waals surface area contributed by atoms with Crippen molar-refractivity contribution in [2.24, 2.45) is 0 Å². The summed E-state index contributed by atoms with van der Waals surface area (Å²) in [6, 6.07) is 13.5. The van der Waals surface area contributed by atoms with Gasteiger partial charge in [-0.25, -0.2) is 4.79 Å². The molecule has 0 spiro atoms. The van der Waals surface area contributed by atoms with E-state index in [0.29, 0.717) is 18.1 Å². The number of nitrogens with zero attached hydrogens (tertiary/aromatic N) is 2. The molecule has 6 nitrogen and oxygen atoms in total. The van der Waals surface area contributed by atoms with Crippen LogP contribution >= 0.6 is 0 Å². The number of methoxy groups -OCH3 is 2. The molecule has 2 aliphatic rings. The Kier molecular flexibility index (Phi) is 5.03. The second-order valence-electron chi connectivity index (χ2n) is 6.98. The van der Waals surface area contributed by atoms with E-state index in [4.69, 9.17) is 14.2 Å². The van der Waals surface area contributed by atoms with Crippen molar-refractivity contribution in [2.75, 3.05) is 37.2 Å². The van der Waals surface area contributed by atoms with Gasteiger partial charge in [-0.1, -0.05) is 18.2 Å². The van der Waals surface area contributed by atoms with Crippen molar-refractivity contribution in [2.45, 2.75) is 32.0 Å². The van der Waals surface area contributed by atoms with Gasteiger partial charge in [0.1, 0.15) is 6.17 Å². The SMILES string of the molecule is CCOC(=O)[C@@H]1c2ccccc2N2CCC[C@H]2N1c1ccc(OC)c(OC)c1. The van der Waals surface area contributed by atoms with Crippen molar-refractivity contribution in [3.63, 3.8) is 0 Å². The molecular formula is C22H26N2O4. The molecule has 2 aliphatic heterocycles. The first kappa shape index (κ1) is 18.5. The monoisotopic (exact) mass is 382 g/mol. The lowest BCUT2D eigenvalue weighted by molar-refractivity contribution is -0.145. The van der Waals surface area contributed by atoms with Crippen LogP contribution in [0.5, 0.6) is 11.5 Å².